The summed E-state index contributed by atoms with van der Waals surface area (Å²) in [5.41, 5.74) is 1.82. The zero-order valence-electron chi connectivity index (χ0n) is 10.8. The summed E-state index contributed by atoms with van der Waals surface area (Å²) in [5, 5.41) is 0. The largest absolute Gasteiger partial charge is 0.0990 e. The van der Waals surface area contributed by atoms with Gasteiger partial charge in [-0.3, -0.25) is 0 Å². The number of halogens is 2. The second kappa shape index (κ2) is 5.65. The lowest BCUT2D eigenvalue weighted by Crippen LogP contribution is -2.22. The molecule has 0 spiro atoms. The molecule has 2 unspecified atom stereocenters. The Balaban J connectivity index is 2.35. The van der Waals surface area contributed by atoms with E-state index in [0.29, 0.717) is 11.8 Å². The highest BCUT2D eigenvalue weighted by Crippen LogP contribution is 2.54. The van der Waals surface area contributed by atoms with Gasteiger partial charge in [0.1, 0.15) is 0 Å². The highest BCUT2D eigenvalue weighted by Gasteiger charge is 2.44. The van der Waals surface area contributed by atoms with Gasteiger partial charge in [0.2, 0.25) is 0 Å². The smallest absolute Gasteiger partial charge is 0.0129 e. The fourth-order valence-electron chi connectivity index (χ4n) is 2.93. The molecule has 2 aliphatic carbocycles. The maximum absolute atomic E-state index is 3.76. The lowest BCUT2D eigenvalue weighted by Gasteiger charge is -2.30. The quantitative estimate of drug-likeness (QED) is 0.349. The molecule has 2 aliphatic rings. The Morgan fingerprint density at radius 1 is 1.50 bits per heavy atom. The van der Waals surface area contributed by atoms with E-state index in [1.54, 1.807) is 5.57 Å². The standard InChI is InChI=1S/C16H18I2/c1-4-5-13(17)9-12-8-11-6-7-14(18)10-15(11)16(12,2)3/h4-7,9-11,15H,1,8H2,2-3H3/b12-9+,13-5+. The highest BCUT2D eigenvalue weighted by atomic mass is 127. The number of hydrogen-bond acceptors (Lipinski definition) is 0. The van der Waals surface area contributed by atoms with Gasteiger partial charge in [0.25, 0.3) is 0 Å². The fraction of sp³-hybridized carbons (Fsp3) is 0.375. The summed E-state index contributed by atoms with van der Waals surface area (Å²) in [7, 11) is 0. The molecular formula is C16H18I2. The molecule has 0 aromatic heterocycles. The lowest BCUT2D eigenvalue weighted by atomic mass is 9.75. The maximum Gasteiger partial charge on any atom is 0.0129 e. The molecule has 0 nitrogen and oxygen atoms in total. The molecule has 0 N–H and O–H groups in total. The summed E-state index contributed by atoms with van der Waals surface area (Å²) in [6.45, 7) is 8.51. The third kappa shape index (κ3) is 2.84. The van der Waals surface area contributed by atoms with E-state index in [0.717, 1.165) is 0 Å². The van der Waals surface area contributed by atoms with Crippen LogP contribution in [0.15, 0.2) is 55.8 Å². The van der Waals surface area contributed by atoms with Crippen molar-refractivity contribution in [2.75, 3.05) is 0 Å². The van der Waals surface area contributed by atoms with E-state index in [1.807, 2.05) is 6.08 Å². The molecule has 0 amide bonds. The molecule has 0 saturated heterocycles. The highest BCUT2D eigenvalue weighted by molar-refractivity contribution is 14.1. The lowest BCUT2D eigenvalue weighted by molar-refractivity contribution is 0.330. The predicted molar refractivity (Wildman–Crippen MR) is 97.0 cm³/mol. The van der Waals surface area contributed by atoms with Crippen molar-refractivity contribution in [1.82, 2.24) is 0 Å². The van der Waals surface area contributed by atoms with Crippen LogP contribution >= 0.6 is 45.2 Å². The second-order valence-corrected chi connectivity index (χ2v) is 7.97. The van der Waals surface area contributed by atoms with Crippen LogP contribution in [0.4, 0.5) is 0 Å². The number of rotatable bonds is 2. The Morgan fingerprint density at radius 2 is 2.22 bits per heavy atom. The minimum absolute atomic E-state index is 0.261. The van der Waals surface area contributed by atoms with E-state index in [2.05, 4.69) is 96.0 Å². The molecule has 0 bridgehead atoms. The van der Waals surface area contributed by atoms with E-state index >= 15 is 0 Å². The van der Waals surface area contributed by atoms with E-state index in [1.165, 1.54) is 13.6 Å². The third-order valence-corrected chi connectivity index (χ3v) is 5.40. The Bertz CT molecular complexity index is 475. The van der Waals surface area contributed by atoms with Gasteiger partial charge >= 0.3 is 0 Å². The molecular weight excluding hydrogens is 446 g/mol. The maximum atomic E-state index is 3.76. The van der Waals surface area contributed by atoms with E-state index in [4.69, 9.17) is 0 Å². The first-order valence-corrected chi connectivity index (χ1v) is 8.35. The zero-order valence-corrected chi connectivity index (χ0v) is 15.1. The number of hydrogen-bond donors (Lipinski definition) is 0. The normalized spacial score (nSPS) is 32.3. The molecule has 0 aliphatic heterocycles. The van der Waals surface area contributed by atoms with E-state index in [-0.39, 0.29) is 5.41 Å². The van der Waals surface area contributed by atoms with Crippen LogP contribution in [0.5, 0.6) is 0 Å². The van der Waals surface area contributed by atoms with Gasteiger partial charge in [0.15, 0.2) is 0 Å². The molecule has 0 aromatic carbocycles. The average Bonchev–Trinajstić information content (AvgIpc) is 2.52. The molecule has 1 fully saturated rings. The summed E-state index contributed by atoms with van der Waals surface area (Å²) in [5.74, 6) is 1.33. The van der Waals surface area contributed by atoms with Gasteiger partial charge in [-0.1, -0.05) is 50.3 Å². The van der Waals surface area contributed by atoms with Gasteiger partial charge in [-0.2, -0.15) is 0 Å². The van der Waals surface area contributed by atoms with Gasteiger partial charge in [-0.05, 0) is 81.0 Å². The van der Waals surface area contributed by atoms with Gasteiger partial charge in [-0.15, -0.1) is 0 Å². The van der Waals surface area contributed by atoms with Gasteiger partial charge in [0, 0.05) is 7.16 Å². The molecule has 1 saturated carbocycles. The Kier molecular flexibility index (Phi) is 4.57. The van der Waals surface area contributed by atoms with Crippen LogP contribution < -0.4 is 0 Å². The van der Waals surface area contributed by atoms with Crippen molar-refractivity contribution in [1.29, 1.82) is 0 Å². The molecule has 96 valence electrons. The van der Waals surface area contributed by atoms with Crippen LogP contribution in [0.3, 0.4) is 0 Å². The van der Waals surface area contributed by atoms with Crippen molar-refractivity contribution in [3.63, 3.8) is 0 Å². The first-order chi connectivity index (χ1) is 8.45. The molecule has 0 heterocycles. The van der Waals surface area contributed by atoms with Crippen molar-refractivity contribution < 1.29 is 0 Å². The van der Waals surface area contributed by atoms with Crippen LogP contribution in [0.2, 0.25) is 0 Å². The molecule has 0 radical (unpaired) electrons. The van der Waals surface area contributed by atoms with E-state index < -0.39 is 0 Å². The predicted octanol–water partition coefficient (Wildman–Crippen LogP) is 5.97. The van der Waals surface area contributed by atoms with Crippen molar-refractivity contribution in [2.24, 2.45) is 17.3 Å². The molecule has 2 heteroatoms. The number of fused-ring (bicyclic) bond motifs is 1. The second-order valence-electron chi connectivity index (χ2n) is 5.48. The van der Waals surface area contributed by atoms with Crippen molar-refractivity contribution in [3.05, 3.63) is 55.8 Å². The van der Waals surface area contributed by atoms with Crippen LogP contribution in [0, 0.1) is 17.3 Å². The Labute approximate surface area is 137 Å². The van der Waals surface area contributed by atoms with Crippen LogP contribution in [0.1, 0.15) is 20.3 Å². The van der Waals surface area contributed by atoms with Crippen molar-refractivity contribution >= 4 is 45.2 Å². The van der Waals surface area contributed by atoms with Gasteiger partial charge in [-0.25, -0.2) is 0 Å². The van der Waals surface area contributed by atoms with Crippen molar-refractivity contribution in [3.8, 4) is 0 Å². The first kappa shape index (κ1) is 14.6. The molecule has 0 aromatic rings. The average molecular weight is 464 g/mol. The first-order valence-electron chi connectivity index (χ1n) is 6.20. The Morgan fingerprint density at radius 3 is 2.89 bits per heavy atom. The minimum Gasteiger partial charge on any atom is -0.0990 e. The molecule has 18 heavy (non-hydrogen) atoms. The summed E-state index contributed by atoms with van der Waals surface area (Å²) in [6.07, 6.45) is 14.5. The number of allylic oxidation sites excluding steroid dienone is 9. The van der Waals surface area contributed by atoms with Crippen LogP contribution in [-0.4, -0.2) is 0 Å². The third-order valence-electron chi connectivity index (χ3n) is 4.01. The van der Waals surface area contributed by atoms with E-state index in [9.17, 15) is 0 Å². The van der Waals surface area contributed by atoms with Gasteiger partial charge < -0.3 is 0 Å². The SMILES string of the molecule is C=C/C=C(I)\C=C1/CC2C=CC(I)=CC2C1(C)C. The van der Waals surface area contributed by atoms with Gasteiger partial charge in [0.05, 0.1) is 0 Å². The topological polar surface area (TPSA) is 0 Å². The monoisotopic (exact) mass is 464 g/mol. The fourth-order valence-corrected chi connectivity index (χ4v) is 4.15. The molecule has 2 rings (SSSR count). The van der Waals surface area contributed by atoms with Crippen molar-refractivity contribution in [2.45, 2.75) is 20.3 Å². The minimum atomic E-state index is 0.261. The summed E-state index contributed by atoms with van der Waals surface area (Å²) in [4.78, 5) is 0. The summed E-state index contributed by atoms with van der Waals surface area (Å²) in [6, 6.07) is 0. The Hall–Kier alpha value is 0.160. The van der Waals surface area contributed by atoms with Crippen LogP contribution in [0.25, 0.3) is 0 Å². The zero-order chi connectivity index (χ0) is 13.3. The molecule has 2 atom stereocenters. The summed E-state index contributed by atoms with van der Waals surface area (Å²) < 4.78 is 2.64. The summed E-state index contributed by atoms with van der Waals surface area (Å²) >= 11 is 4.81. The van der Waals surface area contributed by atoms with Crippen LogP contribution in [-0.2, 0) is 0 Å².